The van der Waals surface area contributed by atoms with E-state index in [1.807, 2.05) is 0 Å². The Morgan fingerprint density at radius 2 is 1.86 bits per heavy atom. The van der Waals surface area contributed by atoms with Gasteiger partial charge in [-0.3, -0.25) is 6.08 Å². The maximum Gasteiger partial charge on any atom is 0 e. The zero-order valence-corrected chi connectivity index (χ0v) is 13.0. The Morgan fingerprint density at radius 3 is 2.50 bits per heavy atom. The summed E-state index contributed by atoms with van der Waals surface area (Å²) in [7, 11) is 0. The van der Waals surface area contributed by atoms with Crippen molar-refractivity contribution in [2.45, 2.75) is 19.3 Å². The number of halogens is 2. The third-order valence-electron chi connectivity index (χ3n) is 2.22. The molecule has 0 aromatic heterocycles. The standard InChI is InChI=1S/C11H11.2ClH.Hf/c1-2-9-7-8-10-5-3-4-6-11(9)10;;;/h3-6,8-9H,2H2,1H3;2*1H;/q-1;;;/p-2. The molecule has 0 nitrogen and oxygen atoms in total. The molecule has 0 aliphatic heterocycles. The normalized spacial score (nSPS) is 15.9. The zero-order chi connectivity index (χ0) is 7.68. The van der Waals surface area contributed by atoms with Crippen LogP contribution in [0.15, 0.2) is 24.3 Å². The maximum atomic E-state index is 3.35. The van der Waals surface area contributed by atoms with Crippen molar-refractivity contribution in [3.05, 3.63) is 41.5 Å². The van der Waals surface area contributed by atoms with E-state index in [0.29, 0.717) is 5.92 Å². The van der Waals surface area contributed by atoms with Crippen molar-refractivity contribution in [3.63, 3.8) is 0 Å². The molecule has 3 heteroatoms. The van der Waals surface area contributed by atoms with Gasteiger partial charge in [-0.15, -0.1) is 11.6 Å². The molecule has 1 aromatic rings. The van der Waals surface area contributed by atoms with Gasteiger partial charge in [-0.2, -0.15) is 5.56 Å². The average Bonchev–Trinajstić information content (AvgIpc) is 2.47. The van der Waals surface area contributed by atoms with Gasteiger partial charge in [-0.25, -0.2) is 6.08 Å². The number of hydrogen-bond acceptors (Lipinski definition) is 0. The first-order valence-electron chi connectivity index (χ1n) is 4.10. The van der Waals surface area contributed by atoms with Crippen molar-refractivity contribution in [2.24, 2.45) is 0 Å². The fraction of sp³-hybridized carbons (Fsp3) is 0.273. The van der Waals surface area contributed by atoms with Crippen molar-refractivity contribution >= 4 is 6.08 Å². The van der Waals surface area contributed by atoms with E-state index in [-0.39, 0.29) is 50.7 Å². The minimum absolute atomic E-state index is 0. The van der Waals surface area contributed by atoms with E-state index >= 15 is 0 Å². The van der Waals surface area contributed by atoms with Crippen LogP contribution in [0.3, 0.4) is 0 Å². The quantitative estimate of drug-likeness (QED) is 0.353. The number of rotatable bonds is 1. The molecule has 14 heavy (non-hydrogen) atoms. The van der Waals surface area contributed by atoms with E-state index in [9.17, 15) is 0 Å². The first-order chi connectivity index (χ1) is 5.42. The van der Waals surface area contributed by atoms with E-state index in [2.05, 4.69) is 43.3 Å². The number of fused-ring (bicyclic) bond motifs is 1. The van der Waals surface area contributed by atoms with Crippen molar-refractivity contribution in [1.29, 1.82) is 0 Å². The molecule has 1 aromatic carbocycles. The van der Waals surface area contributed by atoms with E-state index in [1.165, 1.54) is 11.1 Å². The van der Waals surface area contributed by atoms with Gasteiger partial charge in [0.05, 0.1) is 0 Å². The fourth-order valence-corrected chi connectivity index (χ4v) is 1.58. The smallest absolute Gasteiger partial charge is 0 e. The summed E-state index contributed by atoms with van der Waals surface area (Å²) in [6, 6.07) is 8.52. The third-order valence-corrected chi connectivity index (χ3v) is 2.22. The molecule has 0 N–H and O–H groups in total. The summed E-state index contributed by atoms with van der Waals surface area (Å²) >= 11 is 0. The molecule has 0 saturated heterocycles. The van der Waals surface area contributed by atoms with Gasteiger partial charge < -0.3 is 24.8 Å². The molecule has 0 heterocycles. The first kappa shape index (κ1) is 16.8. The largest absolute Gasteiger partial charge is 1.00 e. The van der Waals surface area contributed by atoms with Crippen LogP contribution in [0.25, 0.3) is 6.08 Å². The Balaban J connectivity index is 0. The van der Waals surface area contributed by atoms with Gasteiger partial charge in [0.1, 0.15) is 0 Å². The molecule has 0 bridgehead atoms. The SMILES string of the molecule is CCC1[C-]=Cc2ccccc21.[Cl-].[Cl-].[Hf]. The van der Waals surface area contributed by atoms with Crippen LogP contribution in [0.2, 0.25) is 0 Å². The molecule has 1 aliphatic rings. The van der Waals surface area contributed by atoms with E-state index in [1.54, 1.807) is 0 Å². The second-order valence-corrected chi connectivity index (χ2v) is 2.90. The first-order valence-corrected chi connectivity index (χ1v) is 4.10. The second-order valence-electron chi connectivity index (χ2n) is 2.90. The summed E-state index contributed by atoms with van der Waals surface area (Å²) in [5.74, 6) is 0.547. The Labute approximate surface area is 117 Å². The average molecular weight is 393 g/mol. The van der Waals surface area contributed by atoms with Gasteiger partial charge >= 0.3 is 0 Å². The van der Waals surface area contributed by atoms with E-state index < -0.39 is 0 Å². The minimum atomic E-state index is 0. The van der Waals surface area contributed by atoms with Gasteiger partial charge in [0.25, 0.3) is 0 Å². The van der Waals surface area contributed by atoms with Gasteiger partial charge in [0, 0.05) is 25.8 Å². The summed E-state index contributed by atoms with van der Waals surface area (Å²) in [6.07, 6.45) is 6.61. The van der Waals surface area contributed by atoms with Crippen LogP contribution in [-0.2, 0) is 25.8 Å². The molecule has 0 amide bonds. The fourth-order valence-electron chi connectivity index (χ4n) is 1.58. The van der Waals surface area contributed by atoms with Crippen LogP contribution < -0.4 is 24.8 Å². The Hall–Kier alpha value is 0.410. The van der Waals surface area contributed by atoms with Crippen molar-refractivity contribution in [2.75, 3.05) is 0 Å². The van der Waals surface area contributed by atoms with Gasteiger partial charge in [0.15, 0.2) is 0 Å². The molecule has 76 valence electrons. The molecule has 1 aliphatic carbocycles. The van der Waals surface area contributed by atoms with Crippen molar-refractivity contribution in [1.82, 2.24) is 0 Å². The summed E-state index contributed by atoms with van der Waals surface area (Å²) in [5, 5.41) is 0. The summed E-state index contributed by atoms with van der Waals surface area (Å²) in [4.78, 5) is 0. The Bertz CT molecular complexity index is 297. The summed E-state index contributed by atoms with van der Waals surface area (Å²) in [6.45, 7) is 2.20. The molecule has 2 rings (SSSR count). The van der Waals surface area contributed by atoms with Crippen LogP contribution in [0, 0.1) is 6.08 Å². The molecule has 1 atom stereocenters. The summed E-state index contributed by atoms with van der Waals surface area (Å²) in [5.41, 5.74) is 2.79. The molecule has 0 saturated carbocycles. The number of allylic oxidation sites excluding steroid dienone is 1. The number of benzene rings is 1. The topological polar surface area (TPSA) is 0 Å². The zero-order valence-electron chi connectivity index (χ0n) is 7.93. The molecule has 0 radical (unpaired) electrons. The molecular weight excluding hydrogens is 382 g/mol. The predicted molar refractivity (Wildman–Crippen MR) is 47.2 cm³/mol. The predicted octanol–water partition coefficient (Wildman–Crippen LogP) is -2.98. The van der Waals surface area contributed by atoms with Crippen LogP contribution in [0.4, 0.5) is 0 Å². The van der Waals surface area contributed by atoms with E-state index in [4.69, 9.17) is 0 Å². The van der Waals surface area contributed by atoms with Gasteiger partial charge in [-0.05, 0) is 0 Å². The van der Waals surface area contributed by atoms with Crippen molar-refractivity contribution < 1.29 is 50.7 Å². The molecule has 0 spiro atoms. The van der Waals surface area contributed by atoms with Crippen LogP contribution in [-0.4, -0.2) is 0 Å². The minimum Gasteiger partial charge on any atom is -1.00 e. The Kier molecular flexibility index (Phi) is 9.22. The molecule has 0 fully saturated rings. The third kappa shape index (κ3) is 3.22. The summed E-state index contributed by atoms with van der Waals surface area (Å²) < 4.78 is 0. The monoisotopic (exact) mass is 393 g/mol. The van der Waals surface area contributed by atoms with Crippen LogP contribution in [0.1, 0.15) is 30.4 Å². The van der Waals surface area contributed by atoms with Crippen LogP contribution in [0.5, 0.6) is 0 Å². The molecular formula is C11H11Cl2Hf-3. The second kappa shape index (κ2) is 7.67. The maximum absolute atomic E-state index is 3.35. The Morgan fingerprint density at radius 1 is 1.21 bits per heavy atom. The van der Waals surface area contributed by atoms with Crippen LogP contribution >= 0.6 is 0 Å². The van der Waals surface area contributed by atoms with Crippen molar-refractivity contribution in [3.8, 4) is 0 Å². The van der Waals surface area contributed by atoms with Gasteiger partial charge in [-0.1, -0.05) is 37.5 Å². The van der Waals surface area contributed by atoms with E-state index in [0.717, 1.165) is 6.42 Å². The molecule has 1 unspecified atom stereocenters. The number of hydrogen-bond donors (Lipinski definition) is 0. The van der Waals surface area contributed by atoms with Gasteiger partial charge in [0.2, 0.25) is 0 Å².